The summed E-state index contributed by atoms with van der Waals surface area (Å²) in [5.41, 5.74) is 2.33. The number of hydrogen-bond acceptors (Lipinski definition) is 2. The normalized spacial score (nSPS) is 9.57. The Morgan fingerprint density at radius 3 is 2.64 bits per heavy atom. The first-order valence-corrected chi connectivity index (χ1v) is 5.41. The second kappa shape index (κ2) is 4.56. The van der Waals surface area contributed by atoms with Gasteiger partial charge >= 0.3 is 0 Å². The van der Waals surface area contributed by atoms with Crippen molar-refractivity contribution in [2.24, 2.45) is 0 Å². The summed E-state index contributed by atoms with van der Waals surface area (Å²) in [4.78, 5) is 11.3. The van der Waals surface area contributed by atoms with E-state index in [0.717, 1.165) is 21.1 Å². The van der Waals surface area contributed by atoms with Crippen LogP contribution in [0, 0.1) is 14.9 Å². The maximum absolute atomic E-state index is 11.3. The van der Waals surface area contributed by atoms with Crippen molar-refractivity contribution in [3.63, 3.8) is 0 Å². The lowest BCUT2D eigenvalue weighted by Crippen LogP contribution is -2.01. The summed E-state index contributed by atoms with van der Waals surface area (Å²) in [5.74, 6) is 0.0595. The molecule has 72 valence electrons. The Kier molecular flexibility index (Phi) is 3.64. The van der Waals surface area contributed by atoms with Crippen molar-refractivity contribution in [3.05, 3.63) is 32.4 Å². The molecule has 0 spiro atoms. The Labute approximate surface area is 97.1 Å². The van der Waals surface area contributed by atoms with E-state index in [9.17, 15) is 4.79 Å². The van der Waals surface area contributed by atoms with Crippen molar-refractivity contribution in [2.45, 2.75) is 20.3 Å². The molecule has 1 aromatic rings. The van der Waals surface area contributed by atoms with E-state index >= 15 is 0 Å². The van der Waals surface area contributed by atoms with Crippen molar-refractivity contribution in [2.75, 3.05) is 0 Å². The van der Waals surface area contributed by atoms with Crippen LogP contribution >= 0.6 is 22.6 Å². The van der Waals surface area contributed by atoms with Gasteiger partial charge in [-0.05, 0) is 53.6 Å². The van der Waals surface area contributed by atoms with Gasteiger partial charge in [-0.2, -0.15) is 5.26 Å². The summed E-state index contributed by atoms with van der Waals surface area (Å²) in [6.07, 6.45) is 0.778. The van der Waals surface area contributed by atoms with Crippen molar-refractivity contribution in [1.82, 2.24) is 0 Å². The number of hydrogen-bond donors (Lipinski definition) is 0. The fraction of sp³-hybridized carbons (Fsp3) is 0.273. The third-order valence-corrected chi connectivity index (χ3v) is 2.97. The van der Waals surface area contributed by atoms with E-state index in [1.807, 2.05) is 6.92 Å². The molecule has 0 bridgehead atoms. The van der Waals surface area contributed by atoms with Gasteiger partial charge in [0, 0.05) is 9.13 Å². The summed E-state index contributed by atoms with van der Waals surface area (Å²) >= 11 is 2.08. The second-order valence-corrected chi connectivity index (χ2v) is 4.17. The number of benzene rings is 1. The fourth-order valence-electron chi connectivity index (χ4n) is 1.32. The van der Waals surface area contributed by atoms with Crippen LogP contribution < -0.4 is 0 Å². The largest absolute Gasteiger partial charge is 0.295 e. The molecule has 1 aromatic carbocycles. The number of carbonyl (C=O) groups is 1. The number of carbonyl (C=O) groups excluding carboxylic acids is 1. The highest BCUT2D eigenvalue weighted by molar-refractivity contribution is 14.1. The first-order chi connectivity index (χ1) is 6.60. The highest BCUT2D eigenvalue weighted by Gasteiger charge is 2.09. The van der Waals surface area contributed by atoms with Gasteiger partial charge in [0.15, 0.2) is 5.78 Å². The third-order valence-electron chi connectivity index (χ3n) is 2.07. The Bertz CT molecular complexity index is 418. The topological polar surface area (TPSA) is 40.9 Å². The van der Waals surface area contributed by atoms with Crippen LogP contribution in [0.3, 0.4) is 0 Å². The summed E-state index contributed by atoms with van der Waals surface area (Å²) < 4.78 is 0.840. The molecule has 0 radical (unpaired) electrons. The summed E-state index contributed by atoms with van der Waals surface area (Å²) in [6.45, 7) is 3.53. The van der Waals surface area contributed by atoms with Crippen LogP contribution in [0.4, 0.5) is 0 Å². The van der Waals surface area contributed by atoms with Gasteiger partial charge in [0.1, 0.15) is 6.07 Å². The minimum absolute atomic E-state index is 0.0595. The van der Waals surface area contributed by atoms with Crippen LogP contribution in [-0.2, 0) is 6.42 Å². The molecule has 0 aliphatic carbocycles. The Hall–Kier alpha value is -0.890. The maximum atomic E-state index is 11.3. The lowest BCUT2D eigenvalue weighted by atomic mass is 10.00. The van der Waals surface area contributed by atoms with E-state index in [0.29, 0.717) is 5.56 Å². The van der Waals surface area contributed by atoms with Crippen LogP contribution in [0.5, 0.6) is 0 Å². The average Bonchev–Trinajstić information content (AvgIpc) is 2.17. The van der Waals surface area contributed by atoms with Gasteiger partial charge < -0.3 is 0 Å². The molecule has 14 heavy (non-hydrogen) atoms. The van der Waals surface area contributed by atoms with Crippen molar-refractivity contribution in [3.8, 4) is 6.07 Å². The van der Waals surface area contributed by atoms with Crippen LogP contribution in [-0.4, -0.2) is 5.78 Å². The second-order valence-electron chi connectivity index (χ2n) is 3.01. The molecule has 0 N–H and O–H groups in total. The highest BCUT2D eigenvalue weighted by Crippen LogP contribution is 2.19. The molecule has 0 fully saturated rings. The summed E-state index contributed by atoms with van der Waals surface area (Å²) in [5, 5.41) is 8.83. The van der Waals surface area contributed by atoms with Crippen LogP contribution in [0.25, 0.3) is 0 Å². The van der Waals surface area contributed by atoms with Gasteiger partial charge in [-0.1, -0.05) is 6.92 Å². The van der Waals surface area contributed by atoms with E-state index < -0.39 is 0 Å². The van der Waals surface area contributed by atoms with Gasteiger partial charge in [-0.15, -0.1) is 0 Å². The molecule has 3 heteroatoms. The molecule has 0 heterocycles. The van der Waals surface area contributed by atoms with Crippen LogP contribution in [0.15, 0.2) is 12.1 Å². The maximum Gasteiger partial charge on any atom is 0.160 e. The molecule has 0 aliphatic heterocycles. The molecule has 2 nitrogen and oxygen atoms in total. The van der Waals surface area contributed by atoms with Crippen molar-refractivity contribution >= 4 is 28.4 Å². The molecule has 0 amide bonds. The van der Waals surface area contributed by atoms with E-state index in [1.165, 1.54) is 0 Å². The number of rotatable bonds is 2. The zero-order valence-corrected chi connectivity index (χ0v) is 10.3. The minimum atomic E-state index is 0.0595. The predicted molar refractivity (Wildman–Crippen MR) is 63.3 cm³/mol. The van der Waals surface area contributed by atoms with Gasteiger partial charge in [0.25, 0.3) is 0 Å². The number of nitriles is 1. The zero-order chi connectivity index (χ0) is 10.7. The lowest BCUT2D eigenvalue weighted by Gasteiger charge is -2.06. The summed E-state index contributed by atoms with van der Waals surface area (Å²) in [7, 11) is 0. The number of nitrogens with zero attached hydrogens (tertiary/aromatic N) is 1. The number of Topliss-reactive ketones (excluding diaryl/α,β-unsaturated/α-hetero) is 1. The van der Waals surface area contributed by atoms with E-state index in [-0.39, 0.29) is 5.78 Å². The molecular formula is C11H10INO. The zero-order valence-electron chi connectivity index (χ0n) is 8.10. The lowest BCUT2D eigenvalue weighted by molar-refractivity contribution is 0.101. The predicted octanol–water partition coefficient (Wildman–Crippen LogP) is 2.93. The van der Waals surface area contributed by atoms with Crippen LogP contribution in [0.1, 0.15) is 35.3 Å². The van der Waals surface area contributed by atoms with Gasteiger partial charge in [-0.25, -0.2) is 0 Å². The molecule has 0 aliphatic rings. The quantitative estimate of drug-likeness (QED) is 0.622. The van der Waals surface area contributed by atoms with E-state index in [4.69, 9.17) is 5.26 Å². The van der Waals surface area contributed by atoms with E-state index in [1.54, 1.807) is 19.1 Å². The Balaban J connectivity index is 3.41. The molecule has 0 atom stereocenters. The van der Waals surface area contributed by atoms with E-state index in [2.05, 4.69) is 28.7 Å². The highest BCUT2D eigenvalue weighted by atomic mass is 127. The number of ketones is 1. The first kappa shape index (κ1) is 11.2. The molecule has 0 aromatic heterocycles. The van der Waals surface area contributed by atoms with Crippen molar-refractivity contribution in [1.29, 1.82) is 5.26 Å². The molecule has 0 saturated heterocycles. The molecule has 1 rings (SSSR count). The SMILES string of the molecule is CCc1cc(C#N)c(I)cc1C(C)=O. The summed E-state index contributed by atoms with van der Waals surface area (Å²) in [6, 6.07) is 5.71. The molecule has 0 unspecified atom stereocenters. The molecular weight excluding hydrogens is 289 g/mol. The minimum Gasteiger partial charge on any atom is -0.295 e. The third kappa shape index (κ3) is 2.13. The van der Waals surface area contributed by atoms with Gasteiger partial charge in [-0.3, -0.25) is 4.79 Å². The first-order valence-electron chi connectivity index (χ1n) is 4.33. The molecule has 0 saturated carbocycles. The number of aryl methyl sites for hydroxylation is 1. The van der Waals surface area contributed by atoms with Crippen molar-refractivity contribution < 1.29 is 4.79 Å². The van der Waals surface area contributed by atoms with Gasteiger partial charge in [0.2, 0.25) is 0 Å². The Morgan fingerprint density at radius 1 is 1.57 bits per heavy atom. The van der Waals surface area contributed by atoms with Gasteiger partial charge in [0.05, 0.1) is 5.56 Å². The number of halogens is 1. The smallest absolute Gasteiger partial charge is 0.160 e. The van der Waals surface area contributed by atoms with Crippen LogP contribution in [0.2, 0.25) is 0 Å². The average molecular weight is 299 g/mol. The Morgan fingerprint density at radius 2 is 2.21 bits per heavy atom. The monoisotopic (exact) mass is 299 g/mol. The standard InChI is InChI=1S/C11H10INO/c1-3-8-4-9(6-13)11(12)5-10(8)7(2)14/h4-5H,3H2,1-2H3. The fourth-order valence-corrected chi connectivity index (χ4v) is 1.91.